The van der Waals surface area contributed by atoms with Gasteiger partial charge in [0.05, 0.1) is 23.3 Å². The fourth-order valence-corrected chi connectivity index (χ4v) is 2.53. The lowest BCUT2D eigenvalue weighted by Gasteiger charge is -2.10. The van der Waals surface area contributed by atoms with Crippen molar-refractivity contribution in [1.29, 1.82) is 0 Å². The molecule has 0 bridgehead atoms. The largest absolute Gasteiger partial charge is 0.492 e. The SMILES string of the molecule is Cc1ccc(OCCNC(=O)c2cc3ccc(F)cc3nc2C)cc1. The Morgan fingerprint density at radius 1 is 1.12 bits per heavy atom. The van der Waals surface area contributed by atoms with Crippen LogP contribution in [0.4, 0.5) is 4.39 Å². The number of carbonyl (C=O) groups excluding carboxylic acids is 1. The monoisotopic (exact) mass is 338 g/mol. The van der Waals surface area contributed by atoms with Crippen molar-refractivity contribution in [2.24, 2.45) is 0 Å². The molecule has 2 aromatic carbocycles. The number of ether oxygens (including phenoxy) is 1. The number of aromatic nitrogens is 1. The first kappa shape index (κ1) is 16.9. The fourth-order valence-electron chi connectivity index (χ4n) is 2.53. The van der Waals surface area contributed by atoms with E-state index in [9.17, 15) is 9.18 Å². The molecule has 0 radical (unpaired) electrons. The van der Waals surface area contributed by atoms with Crippen LogP contribution in [-0.2, 0) is 0 Å². The molecule has 0 fully saturated rings. The smallest absolute Gasteiger partial charge is 0.253 e. The van der Waals surface area contributed by atoms with Gasteiger partial charge < -0.3 is 10.1 Å². The second kappa shape index (κ2) is 7.30. The van der Waals surface area contributed by atoms with E-state index in [1.165, 1.54) is 17.7 Å². The van der Waals surface area contributed by atoms with Crippen molar-refractivity contribution >= 4 is 16.8 Å². The Kier molecular flexibility index (Phi) is 4.93. The minimum absolute atomic E-state index is 0.219. The normalized spacial score (nSPS) is 10.7. The topological polar surface area (TPSA) is 51.2 Å². The third kappa shape index (κ3) is 4.12. The van der Waals surface area contributed by atoms with Gasteiger partial charge in [-0.2, -0.15) is 0 Å². The summed E-state index contributed by atoms with van der Waals surface area (Å²) in [6.07, 6.45) is 0. The van der Waals surface area contributed by atoms with Crippen molar-refractivity contribution in [3.63, 3.8) is 0 Å². The van der Waals surface area contributed by atoms with Crippen LogP contribution in [0, 0.1) is 19.7 Å². The molecule has 0 aliphatic heterocycles. The zero-order chi connectivity index (χ0) is 17.8. The van der Waals surface area contributed by atoms with E-state index in [-0.39, 0.29) is 11.7 Å². The van der Waals surface area contributed by atoms with Gasteiger partial charge in [0.25, 0.3) is 5.91 Å². The van der Waals surface area contributed by atoms with Gasteiger partial charge in [-0.1, -0.05) is 17.7 Å². The van der Waals surface area contributed by atoms with E-state index >= 15 is 0 Å². The summed E-state index contributed by atoms with van der Waals surface area (Å²) >= 11 is 0. The number of carbonyl (C=O) groups is 1. The van der Waals surface area contributed by atoms with E-state index in [4.69, 9.17) is 4.74 Å². The standard InChI is InChI=1S/C20H19FN2O2/c1-13-3-7-17(8-4-13)25-10-9-22-20(24)18-11-15-5-6-16(21)12-19(15)23-14(18)2/h3-8,11-12H,9-10H2,1-2H3,(H,22,24). The van der Waals surface area contributed by atoms with Crippen LogP contribution in [0.5, 0.6) is 5.75 Å². The van der Waals surface area contributed by atoms with E-state index in [2.05, 4.69) is 10.3 Å². The molecule has 0 saturated carbocycles. The Bertz CT molecular complexity index is 907. The lowest BCUT2D eigenvalue weighted by Crippen LogP contribution is -2.28. The lowest BCUT2D eigenvalue weighted by atomic mass is 10.1. The van der Waals surface area contributed by atoms with Gasteiger partial charge in [0, 0.05) is 11.5 Å². The van der Waals surface area contributed by atoms with Crippen LogP contribution in [0.3, 0.4) is 0 Å². The average molecular weight is 338 g/mol. The van der Waals surface area contributed by atoms with Crippen LogP contribution >= 0.6 is 0 Å². The third-order valence-electron chi connectivity index (χ3n) is 3.89. The number of amides is 1. The van der Waals surface area contributed by atoms with E-state index in [0.717, 1.165) is 11.1 Å². The second-order valence-corrected chi connectivity index (χ2v) is 5.88. The minimum atomic E-state index is -0.343. The van der Waals surface area contributed by atoms with Crippen LogP contribution in [0.25, 0.3) is 10.9 Å². The van der Waals surface area contributed by atoms with E-state index < -0.39 is 0 Å². The summed E-state index contributed by atoms with van der Waals surface area (Å²) in [5, 5.41) is 3.55. The Labute approximate surface area is 145 Å². The van der Waals surface area contributed by atoms with Crippen LogP contribution in [0.2, 0.25) is 0 Å². The molecule has 3 aromatic rings. The van der Waals surface area contributed by atoms with Gasteiger partial charge in [0.15, 0.2) is 0 Å². The van der Waals surface area contributed by atoms with Crippen molar-refractivity contribution in [1.82, 2.24) is 10.3 Å². The molecular formula is C20H19FN2O2. The van der Waals surface area contributed by atoms with Gasteiger partial charge in [-0.15, -0.1) is 0 Å². The van der Waals surface area contributed by atoms with Crippen molar-refractivity contribution in [3.8, 4) is 5.75 Å². The van der Waals surface area contributed by atoms with Gasteiger partial charge in [0.1, 0.15) is 18.2 Å². The molecule has 1 amide bonds. The maximum absolute atomic E-state index is 13.3. The first-order valence-corrected chi connectivity index (χ1v) is 8.07. The Hall–Kier alpha value is -2.95. The van der Waals surface area contributed by atoms with E-state index in [0.29, 0.717) is 29.9 Å². The molecule has 25 heavy (non-hydrogen) atoms. The molecule has 0 aliphatic carbocycles. The number of benzene rings is 2. The zero-order valence-corrected chi connectivity index (χ0v) is 14.2. The number of hydrogen-bond acceptors (Lipinski definition) is 3. The third-order valence-corrected chi connectivity index (χ3v) is 3.89. The number of halogens is 1. The van der Waals surface area contributed by atoms with Crippen molar-refractivity contribution in [2.45, 2.75) is 13.8 Å². The first-order valence-electron chi connectivity index (χ1n) is 8.07. The molecule has 1 N–H and O–H groups in total. The summed E-state index contributed by atoms with van der Waals surface area (Å²) in [5.74, 6) is 0.207. The molecule has 4 nitrogen and oxygen atoms in total. The molecule has 1 aromatic heterocycles. The Balaban J connectivity index is 1.61. The highest BCUT2D eigenvalue weighted by atomic mass is 19.1. The van der Waals surface area contributed by atoms with Gasteiger partial charge in [-0.25, -0.2) is 4.39 Å². The van der Waals surface area contributed by atoms with Gasteiger partial charge in [0.2, 0.25) is 0 Å². The molecule has 1 heterocycles. The van der Waals surface area contributed by atoms with E-state index in [1.807, 2.05) is 31.2 Å². The summed E-state index contributed by atoms with van der Waals surface area (Å²) in [6.45, 7) is 4.51. The summed E-state index contributed by atoms with van der Waals surface area (Å²) < 4.78 is 18.9. The molecule has 0 aliphatic rings. The van der Waals surface area contributed by atoms with Gasteiger partial charge >= 0.3 is 0 Å². The van der Waals surface area contributed by atoms with Gasteiger partial charge in [-0.05, 0) is 44.2 Å². The summed E-state index contributed by atoms with van der Waals surface area (Å²) in [6, 6.07) is 13.8. The van der Waals surface area contributed by atoms with Gasteiger partial charge in [-0.3, -0.25) is 9.78 Å². The van der Waals surface area contributed by atoms with Crippen molar-refractivity contribution < 1.29 is 13.9 Å². The molecular weight excluding hydrogens is 319 g/mol. The predicted octanol–water partition coefficient (Wildman–Crippen LogP) is 3.80. The number of fused-ring (bicyclic) bond motifs is 1. The maximum atomic E-state index is 13.3. The number of hydrogen-bond donors (Lipinski definition) is 1. The minimum Gasteiger partial charge on any atom is -0.492 e. The van der Waals surface area contributed by atoms with E-state index in [1.54, 1.807) is 19.1 Å². The first-order chi connectivity index (χ1) is 12.0. The Morgan fingerprint density at radius 3 is 2.64 bits per heavy atom. The highest BCUT2D eigenvalue weighted by molar-refractivity contribution is 5.98. The van der Waals surface area contributed by atoms with Crippen LogP contribution in [0.1, 0.15) is 21.6 Å². The summed E-state index contributed by atoms with van der Waals surface area (Å²) in [4.78, 5) is 16.7. The molecule has 0 saturated heterocycles. The van der Waals surface area contributed by atoms with Crippen molar-refractivity contribution in [2.75, 3.05) is 13.2 Å². The number of rotatable bonds is 5. The summed E-state index contributed by atoms with van der Waals surface area (Å²) in [7, 11) is 0. The zero-order valence-electron chi connectivity index (χ0n) is 14.2. The molecule has 0 unspecified atom stereocenters. The fraction of sp³-hybridized carbons (Fsp3) is 0.200. The van der Waals surface area contributed by atoms with Crippen LogP contribution in [-0.4, -0.2) is 24.0 Å². The number of nitrogens with zero attached hydrogens (tertiary/aromatic N) is 1. The highest BCUT2D eigenvalue weighted by Crippen LogP contribution is 2.17. The molecule has 3 rings (SSSR count). The number of pyridine rings is 1. The number of nitrogens with one attached hydrogen (secondary N) is 1. The molecule has 128 valence electrons. The highest BCUT2D eigenvalue weighted by Gasteiger charge is 2.11. The molecule has 0 atom stereocenters. The Morgan fingerprint density at radius 2 is 1.88 bits per heavy atom. The number of aryl methyl sites for hydroxylation is 2. The summed E-state index contributed by atoms with van der Waals surface area (Å²) in [5.41, 5.74) is 2.75. The molecule has 5 heteroatoms. The average Bonchev–Trinajstić information content (AvgIpc) is 2.59. The quantitative estimate of drug-likeness (QED) is 0.720. The van der Waals surface area contributed by atoms with Crippen LogP contribution < -0.4 is 10.1 Å². The molecule has 0 spiro atoms. The second-order valence-electron chi connectivity index (χ2n) is 5.88. The maximum Gasteiger partial charge on any atom is 0.253 e. The lowest BCUT2D eigenvalue weighted by molar-refractivity contribution is 0.0946. The predicted molar refractivity (Wildman–Crippen MR) is 95.4 cm³/mol. The van der Waals surface area contributed by atoms with Crippen molar-refractivity contribution in [3.05, 3.63) is 71.2 Å². The van der Waals surface area contributed by atoms with Crippen LogP contribution in [0.15, 0.2) is 48.5 Å².